The minimum absolute atomic E-state index is 0.0509. The molecule has 0 aliphatic carbocycles. The van der Waals surface area contributed by atoms with E-state index in [0.717, 1.165) is 0 Å². The summed E-state index contributed by atoms with van der Waals surface area (Å²) in [5.41, 5.74) is 0. The Morgan fingerprint density at radius 3 is 2.43 bits per heavy atom. The zero-order chi connectivity index (χ0) is 5.86. The molecular formula is C3H6BFO2. The largest absolute Gasteiger partial charge is 0.487 e. The summed E-state index contributed by atoms with van der Waals surface area (Å²) in [5.74, 6) is -1.37. The Morgan fingerprint density at radius 2 is 2.43 bits per heavy atom. The van der Waals surface area contributed by atoms with Crippen molar-refractivity contribution in [2.24, 2.45) is 0 Å². The molecule has 0 aromatic heterocycles. The van der Waals surface area contributed by atoms with Crippen molar-refractivity contribution >= 4 is 12.9 Å². The molecule has 0 unspecified atom stereocenters. The zero-order valence-electron chi connectivity index (χ0n) is 4.02. The van der Waals surface area contributed by atoms with Crippen LogP contribution in [0.4, 0.5) is 9.11 Å². The van der Waals surface area contributed by atoms with E-state index in [0.29, 0.717) is 0 Å². The van der Waals surface area contributed by atoms with Gasteiger partial charge in [0.05, 0.1) is 0 Å². The summed E-state index contributed by atoms with van der Waals surface area (Å²) in [7, 11) is 0. The van der Waals surface area contributed by atoms with Crippen LogP contribution in [-0.2, 0) is 0 Å². The van der Waals surface area contributed by atoms with Gasteiger partial charge in [-0.3, -0.25) is 4.79 Å². The highest BCUT2D eigenvalue weighted by Crippen LogP contribution is 1.91. The second kappa shape index (κ2) is 2.61. The first-order chi connectivity index (χ1) is 3.18. The molecule has 0 saturated heterocycles. The van der Waals surface area contributed by atoms with Crippen molar-refractivity contribution < 1.29 is 14.2 Å². The highest BCUT2D eigenvalue weighted by atomic mass is 19.1. The lowest BCUT2D eigenvalue weighted by atomic mass is 9.69. The Labute approximate surface area is 41.5 Å². The third kappa shape index (κ3) is 2.20. The molecule has 2 nitrogen and oxygen atoms in total. The van der Waals surface area contributed by atoms with Crippen molar-refractivity contribution in [2.45, 2.75) is 13.2 Å². The Balaban J connectivity index is 3.34. The highest BCUT2D eigenvalue weighted by molar-refractivity contribution is 6.82. The lowest BCUT2D eigenvalue weighted by molar-refractivity contribution is 0.217. The van der Waals surface area contributed by atoms with Crippen LogP contribution in [0.15, 0.2) is 0 Å². The molecule has 0 aromatic rings. The van der Waals surface area contributed by atoms with Crippen LogP contribution in [0.2, 0.25) is 6.32 Å². The number of carbonyl (C=O) groups is 1. The molecule has 40 valence electrons. The standard InChI is InChI=1S/C3H6BFO2/c1-2-4(5)3(6)7/h2H2,1H3,(H,6,7). The maximum Gasteiger partial charge on any atom is 0.472 e. The van der Waals surface area contributed by atoms with E-state index < -0.39 is 12.9 Å². The van der Waals surface area contributed by atoms with Gasteiger partial charge in [0.2, 0.25) is 0 Å². The smallest absolute Gasteiger partial charge is 0.472 e. The topological polar surface area (TPSA) is 37.3 Å². The number of hydrogen-bond acceptors (Lipinski definition) is 1. The van der Waals surface area contributed by atoms with E-state index in [1.54, 1.807) is 0 Å². The Kier molecular flexibility index (Phi) is 2.41. The number of halogens is 1. The molecule has 0 radical (unpaired) electrons. The summed E-state index contributed by atoms with van der Waals surface area (Å²) in [6.07, 6.45) is 0.0509. The molecule has 7 heavy (non-hydrogen) atoms. The molecule has 0 fully saturated rings. The monoisotopic (exact) mass is 104 g/mol. The van der Waals surface area contributed by atoms with E-state index in [4.69, 9.17) is 5.11 Å². The van der Waals surface area contributed by atoms with Gasteiger partial charge in [-0.05, 0) is 6.32 Å². The van der Waals surface area contributed by atoms with Crippen LogP contribution in [0.5, 0.6) is 0 Å². The molecule has 0 spiro atoms. The molecule has 4 heteroatoms. The molecule has 0 aromatic carbocycles. The van der Waals surface area contributed by atoms with Crippen LogP contribution in [-0.4, -0.2) is 18.0 Å². The van der Waals surface area contributed by atoms with Crippen LogP contribution in [0, 0.1) is 0 Å². The Morgan fingerprint density at radius 1 is 2.00 bits per heavy atom. The molecule has 0 saturated carbocycles. The van der Waals surface area contributed by atoms with Crippen LogP contribution < -0.4 is 0 Å². The summed E-state index contributed by atoms with van der Waals surface area (Å²) in [4.78, 5) is 9.56. The fourth-order valence-corrected chi connectivity index (χ4v) is 0.175. The first-order valence-electron chi connectivity index (χ1n) is 2.05. The van der Waals surface area contributed by atoms with Gasteiger partial charge in [0, 0.05) is 0 Å². The first-order valence-corrected chi connectivity index (χ1v) is 2.05. The van der Waals surface area contributed by atoms with Gasteiger partial charge in [-0.1, -0.05) is 6.92 Å². The molecule has 0 heterocycles. The van der Waals surface area contributed by atoms with Gasteiger partial charge < -0.3 is 9.42 Å². The van der Waals surface area contributed by atoms with Crippen LogP contribution in [0.3, 0.4) is 0 Å². The second-order valence-corrected chi connectivity index (χ2v) is 1.21. The third-order valence-corrected chi connectivity index (χ3v) is 0.626. The number of hydrogen-bond donors (Lipinski definition) is 1. The summed E-state index contributed by atoms with van der Waals surface area (Å²) in [5, 5.41) is 7.81. The van der Waals surface area contributed by atoms with Gasteiger partial charge in [-0.2, -0.15) is 0 Å². The van der Waals surface area contributed by atoms with Crippen molar-refractivity contribution in [1.29, 1.82) is 0 Å². The second-order valence-electron chi connectivity index (χ2n) is 1.21. The minimum Gasteiger partial charge on any atom is -0.487 e. The van der Waals surface area contributed by atoms with Crippen molar-refractivity contribution in [3.63, 3.8) is 0 Å². The SMILES string of the molecule is CCB(F)C(=O)O. The molecule has 0 rings (SSSR count). The van der Waals surface area contributed by atoms with E-state index in [2.05, 4.69) is 0 Å². The van der Waals surface area contributed by atoms with Crippen LogP contribution >= 0.6 is 0 Å². The van der Waals surface area contributed by atoms with Gasteiger partial charge in [0.1, 0.15) is 0 Å². The van der Waals surface area contributed by atoms with Gasteiger partial charge in [0.25, 0.3) is 5.87 Å². The van der Waals surface area contributed by atoms with Crippen LogP contribution in [0.1, 0.15) is 6.92 Å². The summed E-state index contributed by atoms with van der Waals surface area (Å²) >= 11 is 0. The van der Waals surface area contributed by atoms with E-state index in [1.165, 1.54) is 6.92 Å². The zero-order valence-corrected chi connectivity index (χ0v) is 4.02. The predicted molar refractivity (Wildman–Crippen MR) is 25.4 cm³/mol. The molecule has 0 aliphatic heterocycles. The van der Waals surface area contributed by atoms with Crippen molar-refractivity contribution in [1.82, 2.24) is 0 Å². The quantitative estimate of drug-likeness (QED) is 0.534. The van der Waals surface area contributed by atoms with Crippen molar-refractivity contribution in [3.05, 3.63) is 0 Å². The lowest BCUT2D eigenvalue weighted by Gasteiger charge is -1.86. The van der Waals surface area contributed by atoms with E-state index in [9.17, 15) is 9.11 Å². The third-order valence-electron chi connectivity index (χ3n) is 0.626. The van der Waals surface area contributed by atoms with E-state index >= 15 is 0 Å². The fourth-order valence-electron chi connectivity index (χ4n) is 0.175. The summed E-state index contributed by atoms with van der Waals surface area (Å²) in [6.45, 7) is -0.196. The molecule has 1 N–H and O–H groups in total. The molecule has 0 bridgehead atoms. The minimum atomic E-state index is -1.68. The normalized spacial score (nSPS) is 8.29. The van der Waals surface area contributed by atoms with Crippen molar-refractivity contribution in [3.8, 4) is 0 Å². The first kappa shape index (κ1) is 6.46. The average Bonchev–Trinajstić information content (AvgIpc) is 1.65. The summed E-state index contributed by atoms with van der Waals surface area (Å²) in [6, 6.07) is 0. The Bertz CT molecular complexity index is 75.3. The number of carboxylic acid groups (broad SMARTS) is 1. The van der Waals surface area contributed by atoms with Gasteiger partial charge >= 0.3 is 6.99 Å². The molecule has 0 amide bonds. The van der Waals surface area contributed by atoms with E-state index in [1.807, 2.05) is 0 Å². The van der Waals surface area contributed by atoms with E-state index in [-0.39, 0.29) is 6.32 Å². The highest BCUT2D eigenvalue weighted by Gasteiger charge is 2.19. The fraction of sp³-hybridized carbons (Fsp3) is 0.667. The Hall–Kier alpha value is -0.535. The molecule has 0 aliphatic rings. The van der Waals surface area contributed by atoms with Crippen molar-refractivity contribution in [2.75, 3.05) is 0 Å². The average molecular weight is 104 g/mol. The molecule has 0 atom stereocenters. The lowest BCUT2D eigenvalue weighted by Crippen LogP contribution is -2.15. The van der Waals surface area contributed by atoms with Gasteiger partial charge in [-0.25, -0.2) is 0 Å². The maximum absolute atomic E-state index is 11.7. The van der Waals surface area contributed by atoms with Crippen LogP contribution in [0.25, 0.3) is 0 Å². The predicted octanol–water partition coefficient (Wildman–Crippen LogP) is 1.23. The number of rotatable bonds is 2. The van der Waals surface area contributed by atoms with Gasteiger partial charge in [0.15, 0.2) is 0 Å². The summed E-state index contributed by atoms with van der Waals surface area (Å²) < 4.78 is 11.7. The molecular weight excluding hydrogens is 97.8 g/mol. The van der Waals surface area contributed by atoms with Gasteiger partial charge in [-0.15, -0.1) is 0 Å². The maximum atomic E-state index is 11.7.